The Morgan fingerprint density at radius 2 is 2.18 bits per heavy atom. The second-order valence-corrected chi connectivity index (χ2v) is 5.58. The maximum absolute atomic E-state index is 11.3. The van der Waals surface area contributed by atoms with E-state index in [4.69, 9.17) is 32.5 Å². The third kappa shape index (κ3) is 3.90. The molecule has 1 aliphatic heterocycles. The summed E-state index contributed by atoms with van der Waals surface area (Å²) in [7, 11) is 1.26. The standard InChI is InChI=1S/C12H22N2O7S/c1-5(16)14-8-6(17)3-12(20-2,11(13)22)21-10(8)9(19)7(18)4-15/h6-10,15,17-19H,3-4H2,1-2H3,(H2,13,22)(H,14,16)/t6-,7+,8+,9+,10+,12+/m0/s1. The first-order valence-corrected chi connectivity index (χ1v) is 7.04. The number of nitrogens with two attached hydrogens (primary N) is 1. The van der Waals surface area contributed by atoms with Gasteiger partial charge in [-0.15, -0.1) is 0 Å². The van der Waals surface area contributed by atoms with Crippen LogP contribution in [-0.2, 0) is 14.3 Å². The molecule has 0 radical (unpaired) electrons. The topological polar surface area (TPSA) is 154 Å². The van der Waals surface area contributed by atoms with Gasteiger partial charge in [0.25, 0.3) is 0 Å². The van der Waals surface area contributed by atoms with Gasteiger partial charge < -0.3 is 41.0 Å². The number of carbonyl (C=O) groups is 1. The van der Waals surface area contributed by atoms with Crippen molar-refractivity contribution in [2.75, 3.05) is 13.7 Å². The quantitative estimate of drug-likeness (QED) is 0.278. The molecule has 1 aliphatic rings. The average Bonchev–Trinajstić information content (AvgIpc) is 2.46. The summed E-state index contributed by atoms with van der Waals surface area (Å²) >= 11 is 4.88. The smallest absolute Gasteiger partial charge is 0.223 e. The van der Waals surface area contributed by atoms with Crippen molar-refractivity contribution in [2.45, 2.75) is 49.6 Å². The summed E-state index contributed by atoms with van der Waals surface area (Å²) in [5, 5.41) is 41.4. The minimum absolute atomic E-state index is 0.164. The van der Waals surface area contributed by atoms with Crippen LogP contribution in [0.25, 0.3) is 0 Å². The molecule has 10 heteroatoms. The highest BCUT2D eigenvalue weighted by Crippen LogP contribution is 2.32. The van der Waals surface area contributed by atoms with Crippen LogP contribution in [0.3, 0.4) is 0 Å². The Kier molecular flexibility index (Phi) is 6.62. The van der Waals surface area contributed by atoms with E-state index in [1.54, 1.807) is 0 Å². The van der Waals surface area contributed by atoms with Gasteiger partial charge >= 0.3 is 0 Å². The SMILES string of the molecule is CO[C@]1(C(N)=S)C[C@H](O)[C@@H](NC(C)=O)[C@H]([C@H](O)[C@H](O)CO)O1. The van der Waals surface area contributed by atoms with Gasteiger partial charge in [-0.2, -0.15) is 0 Å². The van der Waals surface area contributed by atoms with Crippen molar-refractivity contribution in [3.05, 3.63) is 0 Å². The van der Waals surface area contributed by atoms with Crippen molar-refractivity contribution in [3.8, 4) is 0 Å². The zero-order chi connectivity index (χ0) is 17.1. The van der Waals surface area contributed by atoms with Gasteiger partial charge in [-0.25, -0.2) is 0 Å². The highest BCUT2D eigenvalue weighted by molar-refractivity contribution is 7.80. The number of carbonyl (C=O) groups excluding carboxylic acids is 1. The molecule has 0 aromatic carbocycles. The molecule has 1 amide bonds. The monoisotopic (exact) mass is 338 g/mol. The summed E-state index contributed by atoms with van der Waals surface area (Å²) in [5.41, 5.74) is 5.58. The molecule has 0 aliphatic carbocycles. The molecule has 1 saturated heterocycles. The number of methoxy groups -OCH3 is 1. The second kappa shape index (κ2) is 7.59. The van der Waals surface area contributed by atoms with E-state index in [1.807, 2.05) is 0 Å². The fourth-order valence-corrected chi connectivity index (χ4v) is 2.59. The molecule has 0 spiro atoms. The molecule has 0 aromatic heterocycles. The number of rotatable bonds is 6. The van der Waals surface area contributed by atoms with E-state index in [0.717, 1.165) is 0 Å². The van der Waals surface area contributed by atoms with Crippen molar-refractivity contribution in [1.29, 1.82) is 0 Å². The number of aliphatic hydroxyl groups is 4. The Hall–Kier alpha value is -0.880. The first kappa shape index (κ1) is 19.2. The van der Waals surface area contributed by atoms with E-state index in [1.165, 1.54) is 14.0 Å². The third-order valence-corrected chi connectivity index (χ3v) is 3.88. The molecular formula is C12H22N2O7S. The van der Waals surface area contributed by atoms with Crippen LogP contribution >= 0.6 is 12.2 Å². The summed E-state index contributed by atoms with van der Waals surface area (Å²) in [6.07, 6.45) is -5.82. The maximum atomic E-state index is 11.3. The molecule has 7 N–H and O–H groups in total. The molecule has 22 heavy (non-hydrogen) atoms. The molecule has 6 atom stereocenters. The molecule has 1 rings (SSSR count). The first-order valence-electron chi connectivity index (χ1n) is 6.63. The molecule has 1 heterocycles. The Balaban J connectivity index is 3.14. The average molecular weight is 338 g/mol. The largest absolute Gasteiger partial charge is 0.394 e. The van der Waals surface area contributed by atoms with Crippen LogP contribution in [0.5, 0.6) is 0 Å². The van der Waals surface area contributed by atoms with Gasteiger partial charge in [-0.1, -0.05) is 12.2 Å². The van der Waals surface area contributed by atoms with Gasteiger partial charge in [0.2, 0.25) is 11.7 Å². The molecule has 0 aromatic rings. The van der Waals surface area contributed by atoms with Crippen molar-refractivity contribution in [1.82, 2.24) is 5.32 Å². The molecule has 128 valence electrons. The summed E-state index contributed by atoms with van der Waals surface area (Å²) in [6, 6.07) is -1.04. The fourth-order valence-electron chi connectivity index (χ4n) is 2.38. The van der Waals surface area contributed by atoms with Crippen LogP contribution < -0.4 is 11.1 Å². The predicted octanol–water partition coefficient (Wildman–Crippen LogP) is -3.02. The van der Waals surface area contributed by atoms with E-state index in [0.29, 0.717) is 0 Å². The summed E-state index contributed by atoms with van der Waals surface area (Å²) in [6.45, 7) is 0.487. The molecule has 0 unspecified atom stereocenters. The normalized spacial score (nSPS) is 34.7. The van der Waals surface area contributed by atoms with Crippen molar-refractivity contribution < 1.29 is 34.7 Å². The fraction of sp³-hybridized carbons (Fsp3) is 0.833. The lowest BCUT2D eigenvalue weighted by molar-refractivity contribution is -0.276. The zero-order valence-corrected chi connectivity index (χ0v) is 13.1. The molecule has 9 nitrogen and oxygen atoms in total. The van der Waals surface area contributed by atoms with E-state index >= 15 is 0 Å². The van der Waals surface area contributed by atoms with E-state index in [9.17, 15) is 20.1 Å². The molecular weight excluding hydrogens is 316 g/mol. The van der Waals surface area contributed by atoms with Gasteiger partial charge in [-0.05, 0) is 0 Å². The molecule has 0 bridgehead atoms. The Morgan fingerprint density at radius 1 is 1.59 bits per heavy atom. The van der Waals surface area contributed by atoms with Crippen LogP contribution in [0.1, 0.15) is 13.3 Å². The van der Waals surface area contributed by atoms with E-state index in [2.05, 4.69) is 5.32 Å². The van der Waals surface area contributed by atoms with E-state index in [-0.39, 0.29) is 11.4 Å². The molecule has 0 saturated carbocycles. The van der Waals surface area contributed by atoms with Gasteiger partial charge in [-0.3, -0.25) is 4.79 Å². The van der Waals surface area contributed by atoms with Crippen molar-refractivity contribution in [3.63, 3.8) is 0 Å². The predicted molar refractivity (Wildman–Crippen MR) is 78.7 cm³/mol. The van der Waals surface area contributed by atoms with Crippen LogP contribution in [-0.4, -0.2) is 81.3 Å². The summed E-state index contributed by atoms with van der Waals surface area (Å²) in [5.74, 6) is -2.12. The molecule has 1 fully saturated rings. The number of amides is 1. The van der Waals surface area contributed by atoms with Gasteiger partial charge in [0.1, 0.15) is 23.3 Å². The number of thiocarbonyl (C=S) groups is 1. The summed E-state index contributed by atoms with van der Waals surface area (Å²) in [4.78, 5) is 11.1. The Bertz CT molecular complexity index is 424. The number of ether oxygens (including phenoxy) is 2. The van der Waals surface area contributed by atoms with Gasteiger partial charge in [0.05, 0.1) is 18.8 Å². The first-order chi connectivity index (χ1) is 10.2. The second-order valence-electron chi connectivity index (χ2n) is 5.14. The lowest BCUT2D eigenvalue weighted by Gasteiger charge is -2.47. The lowest BCUT2D eigenvalue weighted by atomic mass is 9.88. The minimum atomic E-state index is -1.65. The van der Waals surface area contributed by atoms with Crippen LogP contribution in [0.4, 0.5) is 0 Å². The third-order valence-electron chi connectivity index (χ3n) is 3.57. The van der Waals surface area contributed by atoms with Crippen LogP contribution in [0.2, 0.25) is 0 Å². The van der Waals surface area contributed by atoms with Crippen molar-refractivity contribution >= 4 is 23.1 Å². The summed E-state index contributed by atoms with van der Waals surface area (Å²) < 4.78 is 10.7. The lowest BCUT2D eigenvalue weighted by Crippen LogP contribution is -2.68. The van der Waals surface area contributed by atoms with Crippen molar-refractivity contribution in [2.24, 2.45) is 5.73 Å². The zero-order valence-electron chi connectivity index (χ0n) is 12.3. The number of aliphatic hydroxyl groups excluding tert-OH is 4. The maximum Gasteiger partial charge on any atom is 0.223 e. The Labute approximate surface area is 133 Å². The van der Waals surface area contributed by atoms with Crippen LogP contribution in [0, 0.1) is 0 Å². The van der Waals surface area contributed by atoms with E-state index < -0.39 is 48.8 Å². The number of hydrogen-bond donors (Lipinski definition) is 6. The van der Waals surface area contributed by atoms with Crippen LogP contribution in [0.15, 0.2) is 0 Å². The highest BCUT2D eigenvalue weighted by Gasteiger charge is 2.52. The van der Waals surface area contributed by atoms with Gasteiger partial charge in [0.15, 0.2) is 0 Å². The number of nitrogens with one attached hydrogen (secondary N) is 1. The Morgan fingerprint density at radius 3 is 2.59 bits per heavy atom. The highest BCUT2D eigenvalue weighted by atomic mass is 32.1. The minimum Gasteiger partial charge on any atom is -0.394 e. The van der Waals surface area contributed by atoms with Gasteiger partial charge in [0, 0.05) is 20.5 Å². The number of hydrogen-bond acceptors (Lipinski definition) is 8.